The highest BCUT2D eigenvalue weighted by Crippen LogP contribution is 2.11. The number of benzene rings is 1. The Morgan fingerprint density at radius 3 is 2.58 bits per heavy atom. The van der Waals surface area contributed by atoms with E-state index in [0.29, 0.717) is 5.82 Å². The second-order valence-corrected chi connectivity index (χ2v) is 2.38. The zero-order chi connectivity index (χ0) is 9.10. The Morgan fingerprint density at radius 2 is 1.83 bits per heavy atom. The van der Waals surface area contributed by atoms with Crippen molar-refractivity contribution < 1.29 is 1.37 Å². The van der Waals surface area contributed by atoms with Crippen molar-refractivity contribution in [2.45, 2.75) is 0 Å². The molecule has 0 atom stereocenters. The van der Waals surface area contributed by atoms with Crippen molar-refractivity contribution in [1.29, 1.82) is 0 Å². The molecule has 1 aromatic heterocycles. The van der Waals surface area contributed by atoms with Gasteiger partial charge in [0.25, 0.3) is 0 Å². The van der Waals surface area contributed by atoms with Gasteiger partial charge in [0.1, 0.15) is 0 Å². The van der Waals surface area contributed by atoms with E-state index in [-0.39, 0.29) is 6.17 Å². The number of hydrogen-bond acceptors (Lipinski definition) is 2. The molecule has 2 rings (SSSR count). The lowest BCUT2D eigenvalue weighted by Crippen LogP contribution is -1.84. The van der Waals surface area contributed by atoms with E-state index < -0.39 is 0 Å². The number of hydrogen-bond donors (Lipinski definition) is 0. The summed E-state index contributed by atoms with van der Waals surface area (Å²) in [5.74, 6) is 0.605. The summed E-state index contributed by atoms with van der Waals surface area (Å²) in [6.07, 6.45) is 1.84. The SMILES string of the molecule is [2H]c1ccnc(-c2ccccc2)n1. The van der Waals surface area contributed by atoms with Gasteiger partial charge >= 0.3 is 0 Å². The molecule has 0 aliphatic heterocycles. The van der Waals surface area contributed by atoms with Crippen molar-refractivity contribution in [3.63, 3.8) is 0 Å². The summed E-state index contributed by atoms with van der Waals surface area (Å²) >= 11 is 0. The van der Waals surface area contributed by atoms with Gasteiger partial charge in [-0.2, -0.15) is 0 Å². The second-order valence-electron chi connectivity index (χ2n) is 2.38. The van der Waals surface area contributed by atoms with Crippen molar-refractivity contribution in [1.82, 2.24) is 9.97 Å². The normalized spacial score (nSPS) is 10.8. The largest absolute Gasteiger partial charge is 0.237 e. The minimum atomic E-state index is 0.244. The summed E-state index contributed by atoms with van der Waals surface area (Å²) in [7, 11) is 0. The molecule has 0 aliphatic carbocycles. The smallest absolute Gasteiger partial charge is 0.159 e. The Bertz CT molecular complexity index is 401. The van der Waals surface area contributed by atoms with Crippen LogP contribution in [-0.2, 0) is 0 Å². The van der Waals surface area contributed by atoms with E-state index in [0.717, 1.165) is 5.56 Å². The summed E-state index contributed by atoms with van der Waals surface area (Å²) in [5, 5.41) is 0. The summed E-state index contributed by atoms with van der Waals surface area (Å²) in [4.78, 5) is 8.08. The Kier molecular flexibility index (Phi) is 1.54. The third-order valence-corrected chi connectivity index (χ3v) is 1.55. The predicted octanol–water partition coefficient (Wildman–Crippen LogP) is 2.14. The maximum atomic E-state index is 7.33. The Morgan fingerprint density at radius 1 is 1.00 bits per heavy atom. The molecule has 0 bridgehead atoms. The van der Waals surface area contributed by atoms with Gasteiger partial charge in [0.15, 0.2) is 5.82 Å². The van der Waals surface area contributed by atoms with E-state index in [2.05, 4.69) is 9.97 Å². The molecule has 0 saturated carbocycles. The number of nitrogens with zero attached hydrogens (tertiary/aromatic N) is 2. The van der Waals surface area contributed by atoms with Gasteiger partial charge in [-0.1, -0.05) is 30.3 Å². The number of aromatic nitrogens is 2. The summed E-state index contributed by atoms with van der Waals surface area (Å²) in [5.41, 5.74) is 0.941. The maximum absolute atomic E-state index is 7.33. The predicted molar refractivity (Wildman–Crippen MR) is 47.5 cm³/mol. The maximum Gasteiger partial charge on any atom is 0.159 e. The molecule has 0 saturated heterocycles. The summed E-state index contributed by atoms with van der Waals surface area (Å²) < 4.78 is 7.33. The van der Waals surface area contributed by atoms with Crippen LogP contribution in [0.25, 0.3) is 11.4 Å². The standard InChI is InChI=1S/C10H8N2/c1-2-5-9(6-3-1)10-11-7-4-8-12-10/h1-8H/i7D. The minimum Gasteiger partial charge on any atom is -0.237 e. The summed E-state index contributed by atoms with van der Waals surface area (Å²) in [6, 6.07) is 11.2. The van der Waals surface area contributed by atoms with Gasteiger partial charge in [0, 0.05) is 17.9 Å². The Hall–Kier alpha value is -1.70. The van der Waals surface area contributed by atoms with E-state index in [4.69, 9.17) is 1.37 Å². The van der Waals surface area contributed by atoms with Crippen molar-refractivity contribution in [2.75, 3.05) is 0 Å². The van der Waals surface area contributed by atoms with Crippen LogP contribution in [0.15, 0.2) is 48.8 Å². The van der Waals surface area contributed by atoms with Gasteiger partial charge in [-0.25, -0.2) is 9.97 Å². The molecular weight excluding hydrogens is 148 g/mol. The first-order valence-corrected chi connectivity index (χ1v) is 3.71. The van der Waals surface area contributed by atoms with Crippen LogP contribution in [0, 0.1) is 0 Å². The Labute approximate surface area is 72.3 Å². The van der Waals surface area contributed by atoms with E-state index in [1.165, 1.54) is 0 Å². The molecule has 0 unspecified atom stereocenters. The summed E-state index contributed by atoms with van der Waals surface area (Å²) in [6.45, 7) is 0. The fraction of sp³-hybridized carbons (Fsp3) is 0. The molecule has 1 heterocycles. The zero-order valence-corrected chi connectivity index (χ0v) is 6.44. The second kappa shape index (κ2) is 3.13. The quantitative estimate of drug-likeness (QED) is 0.633. The highest BCUT2D eigenvalue weighted by atomic mass is 14.8. The van der Waals surface area contributed by atoms with Gasteiger partial charge in [-0.3, -0.25) is 0 Å². The zero-order valence-electron chi connectivity index (χ0n) is 7.44. The molecule has 2 heteroatoms. The fourth-order valence-electron chi connectivity index (χ4n) is 0.995. The van der Waals surface area contributed by atoms with Crippen LogP contribution in [0.1, 0.15) is 1.37 Å². The van der Waals surface area contributed by atoms with E-state index in [1.54, 1.807) is 12.3 Å². The number of rotatable bonds is 1. The third kappa shape index (κ3) is 1.32. The first-order valence-electron chi connectivity index (χ1n) is 4.21. The molecule has 12 heavy (non-hydrogen) atoms. The molecular formula is C10H8N2. The first kappa shape index (κ1) is 5.89. The van der Waals surface area contributed by atoms with Crippen molar-refractivity contribution in [3.8, 4) is 11.4 Å². The van der Waals surface area contributed by atoms with Gasteiger partial charge in [0.05, 0.1) is 1.37 Å². The molecule has 0 N–H and O–H groups in total. The van der Waals surface area contributed by atoms with Crippen LogP contribution >= 0.6 is 0 Å². The molecule has 0 aliphatic rings. The van der Waals surface area contributed by atoms with Gasteiger partial charge in [-0.05, 0) is 6.07 Å². The van der Waals surface area contributed by atoms with E-state index in [9.17, 15) is 0 Å². The van der Waals surface area contributed by atoms with Crippen molar-refractivity contribution >= 4 is 0 Å². The van der Waals surface area contributed by atoms with Crippen molar-refractivity contribution in [3.05, 3.63) is 48.8 Å². The fourth-order valence-corrected chi connectivity index (χ4v) is 0.995. The third-order valence-electron chi connectivity index (χ3n) is 1.55. The van der Waals surface area contributed by atoms with Crippen LogP contribution in [-0.4, -0.2) is 9.97 Å². The molecule has 0 amide bonds. The lowest BCUT2D eigenvalue weighted by Gasteiger charge is -1.96. The lowest BCUT2D eigenvalue weighted by atomic mass is 10.2. The molecule has 58 valence electrons. The van der Waals surface area contributed by atoms with Crippen LogP contribution in [0.5, 0.6) is 0 Å². The molecule has 1 aromatic carbocycles. The molecule has 0 fully saturated rings. The first-order chi connectivity index (χ1) is 6.36. The average Bonchev–Trinajstić information content (AvgIpc) is 2.19. The van der Waals surface area contributed by atoms with Crippen LogP contribution in [0.4, 0.5) is 0 Å². The van der Waals surface area contributed by atoms with Crippen LogP contribution in [0.2, 0.25) is 0 Å². The minimum absolute atomic E-state index is 0.244. The highest BCUT2D eigenvalue weighted by Gasteiger charge is 1.95. The van der Waals surface area contributed by atoms with Gasteiger partial charge in [-0.15, -0.1) is 0 Å². The van der Waals surface area contributed by atoms with Crippen LogP contribution in [0.3, 0.4) is 0 Å². The molecule has 2 nitrogen and oxygen atoms in total. The molecule has 0 spiro atoms. The van der Waals surface area contributed by atoms with Gasteiger partial charge in [0.2, 0.25) is 0 Å². The van der Waals surface area contributed by atoms with Crippen molar-refractivity contribution in [2.24, 2.45) is 0 Å². The molecule has 0 radical (unpaired) electrons. The van der Waals surface area contributed by atoms with E-state index in [1.807, 2.05) is 30.3 Å². The van der Waals surface area contributed by atoms with Gasteiger partial charge < -0.3 is 0 Å². The topological polar surface area (TPSA) is 25.8 Å². The average molecular weight is 157 g/mol. The monoisotopic (exact) mass is 157 g/mol. The lowest BCUT2D eigenvalue weighted by molar-refractivity contribution is 1.18. The van der Waals surface area contributed by atoms with E-state index >= 15 is 0 Å². The highest BCUT2D eigenvalue weighted by molar-refractivity contribution is 5.53. The Balaban J connectivity index is 2.48. The van der Waals surface area contributed by atoms with Crippen LogP contribution < -0.4 is 0 Å². The molecule has 2 aromatic rings.